The van der Waals surface area contributed by atoms with Gasteiger partial charge in [-0.15, -0.1) is 0 Å². The van der Waals surface area contributed by atoms with Gasteiger partial charge in [-0.2, -0.15) is 0 Å². The Labute approximate surface area is 163 Å². The van der Waals surface area contributed by atoms with Gasteiger partial charge in [0.1, 0.15) is 6.04 Å². The van der Waals surface area contributed by atoms with Crippen LogP contribution in [-0.4, -0.2) is 73.7 Å². The second kappa shape index (κ2) is 8.92. The van der Waals surface area contributed by atoms with Crippen molar-refractivity contribution < 1.29 is 28.6 Å². The lowest BCUT2D eigenvalue weighted by Gasteiger charge is -2.35. The number of hydrogen-bond acceptors (Lipinski definition) is 7. The monoisotopic (exact) mass is 391 g/mol. The fourth-order valence-electron chi connectivity index (χ4n) is 3.32. The molecule has 0 aromatic heterocycles. The van der Waals surface area contributed by atoms with E-state index in [0.717, 1.165) is 5.56 Å². The van der Waals surface area contributed by atoms with Crippen molar-refractivity contribution in [3.05, 3.63) is 23.8 Å². The number of ether oxygens (including phenoxy) is 3. The molecule has 2 amide bonds. The van der Waals surface area contributed by atoms with Crippen molar-refractivity contribution in [2.24, 2.45) is 0 Å². The number of nitrogens with zero attached hydrogens (tertiary/aromatic N) is 2. The van der Waals surface area contributed by atoms with Crippen molar-refractivity contribution in [1.29, 1.82) is 0 Å². The molecule has 28 heavy (non-hydrogen) atoms. The zero-order valence-electron chi connectivity index (χ0n) is 16.1. The molecule has 0 saturated carbocycles. The van der Waals surface area contributed by atoms with Gasteiger partial charge >= 0.3 is 5.97 Å². The molecular weight excluding hydrogens is 366 g/mol. The van der Waals surface area contributed by atoms with E-state index in [9.17, 15) is 14.4 Å². The summed E-state index contributed by atoms with van der Waals surface area (Å²) >= 11 is 0. The first-order valence-electron chi connectivity index (χ1n) is 9.26. The molecule has 0 bridgehead atoms. The van der Waals surface area contributed by atoms with Crippen LogP contribution in [0.3, 0.4) is 0 Å². The van der Waals surface area contributed by atoms with Gasteiger partial charge in [-0.05, 0) is 24.6 Å². The number of rotatable bonds is 7. The number of nitrogens with one attached hydrogen (secondary N) is 1. The van der Waals surface area contributed by atoms with Gasteiger partial charge in [-0.3, -0.25) is 19.3 Å². The van der Waals surface area contributed by atoms with Gasteiger partial charge in [-0.25, -0.2) is 0 Å². The number of methoxy groups -OCH3 is 1. The van der Waals surface area contributed by atoms with Crippen molar-refractivity contribution in [3.8, 4) is 11.5 Å². The maximum Gasteiger partial charge on any atom is 0.307 e. The summed E-state index contributed by atoms with van der Waals surface area (Å²) in [5, 5.41) is 2.73. The summed E-state index contributed by atoms with van der Waals surface area (Å²) in [5.74, 6) is 0.523. The van der Waals surface area contributed by atoms with Crippen LogP contribution in [0.2, 0.25) is 0 Å². The maximum absolute atomic E-state index is 12.9. The Kier molecular flexibility index (Phi) is 6.35. The summed E-state index contributed by atoms with van der Waals surface area (Å²) in [6.45, 7) is 4.06. The minimum Gasteiger partial charge on any atom is -0.469 e. The van der Waals surface area contributed by atoms with Gasteiger partial charge in [-0.1, -0.05) is 6.07 Å². The number of carbonyl (C=O) groups is 3. The van der Waals surface area contributed by atoms with E-state index < -0.39 is 12.0 Å². The van der Waals surface area contributed by atoms with Crippen molar-refractivity contribution in [2.75, 3.05) is 40.1 Å². The Balaban J connectivity index is 1.65. The molecule has 1 N–H and O–H groups in total. The number of fused-ring (bicyclic) bond motifs is 1. The molecule has 2 aliphatic rings. The van der Waals surface area contributed by atoms with E-state index in [0.29, 0.717) is 37.7 Å². The predicted molar refractivity (Wildman–Crippen MR) is 98.7 cm³/mol. The molecule has 1 unspecified atom stereocenters. The predicted octanol–water partition coefficient (Wildman–Crippen LogP) is 0.127. The maximum atomic E-state index is 12.9. The lowest BCUT2D eigenvalue weighted by molar-refractivity contribution is -0.147. The number of piperazine rings is 1. The first-order valence-corrected chi connectivity index (χ1v) is 9.26. The molecule has 2 aliphatic heterocycles. The molecule has 1 aromatic carbocycles. The molecule has 9 nitrogen and oxygen atoms in total. The van der Waals surface area contributed by atoms with Gasteiger partial charge in [0.05, 0.1) is 20.1 Å². The van der Waals surface area contributed by atoms with E-state index in [1.165, 1.54) is 7.11 Å². The van der Waals surface area contributed by atoms with E-state index in [1.54, 1.807) is 9.80 Å². The molecule has 1 saturated heterocycles. The molecule has 3 rings (SSSR count). The zero-order valence-corrected chi connectivity index (χ0v) is 16.1. The minimum atomic E-state index is -0.700. The Morgan fingerprint density at radius 2 is 2.11 bits per heavy atom. The third-order valence-corrected chi connectivity index (χ3v) is 4.91. The largest absolute Gasteiger partial charge is 0.469 e. The van der Waals surface area contributed by atoms with Gasteiger partial charge in [0.2, 0.25) is 18.6 Å². The molecule has 152 valence electrons. The molecule has 1 fully saturated rings. The molecule has 1 aromatic rings. The average Bonchev–Trinajstić information content (AvgIpc) is 3.16. The van der Waals surface area contributed by atoms with Crippen LogP contribution in [-0.2, 0) is 25.7 Å². The number of likely N-dealkylation sites (N-methyl/N-ethyl adjacent to an activating group) is 1. The fourth-order valence-corrected chi connectivity index (χ4v) is 3.32. The van der Waals surface area contributed by atoms with Crippen molar-refractivity contribution in [2.45, 2.75) is 25.9 Å². The molecule has 1 atom stereocenters. The first kappa shape index (κ1) is 19.9. The Morgan fingerprint density at radius 1 is 1.32 bits per heavy atom. The standard InChI is InChI=1S/C19H25N3O6/c1-3-21(10-13-4-5-15-16(8-13)28-12-27-15)17(23)11-22-7-6-20-19(25)14(22)9-18(24)26-2/h4-5,8,14H,3,6-7,9-12H2,1-2H3,(H,20,25). The Bertz CT molecular complexity index is 753. The number of amides is 2. The highest BCUT2D eigenvalue weighted by atomic mass is 16.7. The van der Waals surface area contributed by atoms with Crippen LogP contribution in [0, 0.1) is 0 Å². The van der Waals surface area contributed by atoms with Crippen LogP contribution < -0.4 is 14.8 Å². The topological polar surface area (TPSA) is 97.4 Å². The summed E-state index contributed by atoms with van der Waals surface area (Å²) in [7, 11) is 1.28. The number of benzene rings is 1. The second-order valence-electron chi connectivity index (χ2n) is 6.65. The van der Waals surface area contributed by atoms with Crippen LogP contribution in [0.15, 0.2) is 18.2 Å². The van der Waals surface area contributed by atoms with E-state index >= 15 is 0 Å². The van der Waals surface area contributed by atoms with Crippen molar-refractivity contribution in [1.82, 2.24) is 15.1 Å². The van der Waals surface area contributed by atoms with Crippen molar-refractivity contribution in [3.63, 3.8) is 0 Å². The highest BCUT2D eigenvalue weighted by Crippen LogP contribution is 2.32. The fraction of sp³-hybridized carbons (Fsp3) is 0.526. The molecule has 0 aliphatic carbocycles. The van der Waals surface area contributed by atoms with E-state index in [4.69, 9.17) is 9.47 Å². The SMILES string of the molecule is CCN(Cc1ccc2c(c1)OCO2)C(=O)CN1CCNC(=O)C1CC(=O)OC. The normalized spacial score (nSPS) is 18.5. The van der Waals surface area contributed by atoms with E-state index in [2.05, 4.69) is 10.1 Å². The van der Waals surface area contributed by atoms with Gasteiger partial charge in [0, 0.05) is 26.2 Å². The molecule has 2 heterocycles. The quantitative estimate of drug-likeness (QED) is 0.660. The van der Waals surface area contributed by atoms with Crippen LogP contribution >= 0.6 is 0 Å². The third kappa shape index (κ3) is 4.53. The Morgan fingerprint density at radius 3 is 2.86 bits per heavy atom. The minimum absolute atomic E-state index is 0.0630. The van der Waals surface area contributed by atoms with E-state index in [-0.39, 0.29) is 31.6 Å². The van der Waals surface area contributed by atoms with Crippen LogP contribution in [0.5, 0.6) is 11.5 Å². The summed E-state index contributed by atoms with van der Waals surface area (Å²) in [5.41, 5.74) is 0.932. The Hall–Kier alpha value is -2.81. The number of esters is 1. The third-order valence-electron chi connectivity index (χ3n) is 4.91. The van der Waals surface area contributed by atoms with Crippen molar-refractivity contribution >= 4 is 17.8 Å². The summed E-state index contributed by atoms with van der Waals surface area (Å²) < 4.78 is 15.4. The number of hydrogen-bond donors (Lipinski definition) is 1. The summed E-state index contributed by atoms with van der Waals surface area (Å²) in [6, 6.07) is 4.90. The van der Waals surface area contributed by atoms with Gasteiger partial charge in [0.15, 0.2) is 11.5 Å². The lowest BCUT2D eigenvalue weighted by Crippen LogP contribution is -2.58. The first-order chi connectivity index (χ1) is 13.5. The van der Waals surface area contributed by atoms with Crippen LogP contribution in [0.4, 0.5) is 0 Å². The summed E-state index contributed by atoms with van der Waals surface area (Å²) in [4.78, 5) is 40.1. The lowest BCUT2D eigenvalue weighted by atomic mass is 10.1. The second-order valence-corrected chi connectivity index (χ2v) is 6.65. The molecule has 0 radical (unpaired) electrons. The van der Waals surface area contributed by atoms with E-state index in [1.807, 2.05) is 25.1 Å². The summed E-state index contributed by atoms with van der Waals surface area (Å²) in [6.07, 6.45) is -0.0795. The highest BCUT2D eigenvalue weighted by Gasteiger charge is 2.33. The van der Waals surface area contributed by atoms with Gasteiger partial charge < -0.3 is 24.4 Å². The number of carbonyl (C=O) groups excluding carboxylic acids is 3. The molecule has 9 heteroatoms. The van der Waals surface area contributed by atoms with Gasteiger partial charge in [0.25, 0.3) is 0 Å². The zero-order chi connectivity index (χ0) is 20.1. The molecule has 0 spiro atoms. The smallest absolute Gasteiger partial charge is 0.307 e. The van der Waals surface area contributed by atoms with Crippen LogP contribution in [0.25, 0.3) is 0 Å². The average molecular weight is 391 g/mol. The van der Waals surface area contributed by atoms with Crippen LogP contribution in [0.1, 0.15) is 18.9 Å². The molecular formula is C19H25N3O6. The highest BCUT2D eigenvalue weighted by molar-refractivity contribution is 5.88.